The van der Waals surface area contributed by atoms with Crippen LogP contribution in [0.2, 0.25) is 0 Å². The van der Waals surface area contributed by atoms with Crippen molar-refractivity contribution in [1.82, 2.24) is 9.29 Å². The molecule has 1 aliphatic heterocycles. The molecule has 0 saturated carbocycles. The molecule has 0 saturated heterocycles. The lowest BCUT2D eigenvalue weighted by Gasteiger charge is -2.39. The zero-order valence-corrected chi connectivity index (χ0v) is 13.2. The summed E-state index contributed by atoms with van der Waals surface area (Å²) in [7, 11) is -3.75. The van der Waals surface area contributed by atoms with Gasteiger partial charge in [0.1, 0.15) is 0 Å². The van der Waals surface area contributed by atoms with E-state index in [1.807, 2.05) is 6.07 Å². The third-order valence-corrected chi connectivity index (χ3v) is 6.05. The summed E-state index contributed by atoms with van der Waals surface area (Å²) in [6, 6.07) is 9.38. The fraction of sp³-hybridized carbons (Fsp3) is 0.312. The van der Waals surface area contributed by atoms with Crippen LogP contribution < -0.4 is 0 Å². The van der Waals surface area contributed by atoms with Gasteiger partial charge >= 0.3 is 0 Å². The largest absolute Gasteiger partial charge is 0.395 e. The molecular weight excluding hydrogens is 316 g/mol. The predicted molar refractivity (Wildman–Crippen MR) is 84.1 cm³/mol. The number of pyridine rings is 1. The summed E-state index contributed by atoms with van der Waals surface area (Å²) in [5, 5.41) is 20.0. The first-order valence-corrected chi connectivity index (χ1v) is 8.78. The lowest BCUT2D eigenvalue weighted by molar-refractivity contribution is 0.0724. The molecule has 0 unspecified atom stereocenters. The van der Waals surface area contributed by atoms with E-state index in [4.69, 9.17) is 0 Å². The van der Waals surface area contributed by atoms with Crippen LogP contribution in [0.25, 0.3) is 0 Å². The first-order valence-electron chi connectivity index (χ1n) is 7.34. The van der Waals surface area contributed by atoms with Crippen molar-refractivity contribution in [2.24, 2.45) is 0 Å². The van der Waals surface area contributed by atoms with Crippen LogP contribution in [0.4, 0.5) is 0 Å². The molecule has 0 aliphatic carbocycles. The highest BCUT2D eigenvalue weighted by molar-refractivity contribution is 7.89. The normalized spacial score (nSPS) is 23.4. The molecule has 1 aromatic carbocycles. The average Bonchev–Trinajstić information content (AvgIpc) is 2.57. The summed E-state index contributed by atoms with van der Waals surface area (Å²) in [5.74, 6) is 0. The van der Waals surface area contributed by atoms with Crippen LogP contribution in [0.15, 0.2) is 53.7 Å². The quantitative estimate of drug-likeness (QED) is 0.860. The van der Waals surface area contributed by atoms with E-state index < -0.39 is 22.2 Å². The molecule has 0 bridgehead atoms. The smallest absolute Gasteiger partial charge is 0.243 e. The molecule has 122 valence electrons. The first kappa shape index (κ1) is 16.1. The van der Waals surface area contributed by atoms with Gasteiger partial charge in [0.25, 0.3) is 0 Å². The van der Waals surface area contributed by atoms with E-state index in [0.717, 1.165) is 5.56 Å². The van der Waals surface area contributed by atoms with Gasteiger partial charge < -0.3 is 10.2 Å². The number of rotatable bonds is 4. The maximum absolute atomic E-state index is 12.8. The Bertz CT molecular complexity index is 780. The van der Waals surface area contributed by atoms with E-state index in [-0.39, 0.29) is 18.0 Å². The molecule has 2 N–H and O–H groups in total. The highest BCUT2D eigenvalue weighted by Crippen LogP contribution is 2.37. The van der Waals surface area contributed by atoms with Crippen molar-refractivity contribution in [3.63, 3.8) is 0 Å². The van der Waals surface area contributed by atoms with Crippen LogP contribution in [-0.4, -0.2) is 47.1 Å². The van der Waals surface area contributed by atoms with Crippen molar-refractivity contribution in [2.75, 3.05) is 13.2 Å². The van der Waals surface area contributed by atoms with Gasteiger partial charge in [0.15, 0.2) is 0 Å². The van der Waals surface area contributed by atoms with Crippen LogP contribution in [-0.2, 0) is 16.4 Å². The number of aliphatic hydroxyl groups excluding tert-OH is 2. The summed E-state index contributed by atoms with van der Waals surface area (Å²) in [6.45, 7) is -0.365. The molecule has 3 rings (SSSR count). The van der Waals surface area contributed by atoms with Gasteiger partial charge in [0, 0.05) is 24.5 Å². The molecule has 2 atom stereocenters. The molecule has 2 aromatic rings. The monoisotopic (exact) mass is 334 g/mol. The molecule has 1 aromatic heterocycles. The van der Waals surface area contributed by atoms with Gasteiger partial charge in [-0.3, -0.25) is 4.98 Å². The van der Waals surface area contributed by atoms with E-state index in [2.05, 4.69) is 4.98 Å². The van der Waals surface area contributed by atoms with Crippen molar-refractivity contribution in [3.05, 3.63) is 59.9 Å². The summed E-state index contributed by atoms with van der Waals surface area (Å²) in [6.07, 6.45) is 2.65. The highest BCUT2D eigenvalue weighted by atomic mass is 32.2. The van der Waals surface area contributed by atoms with Crippen LogP contribution >= 0.6 is 0 Å². The number of sulfonamides is 1. The molecule has 23 heavy (non-hydrogen) atoms. The highest BCUT2D eigenvalue weighted by Gasteiger charge is 2.43. The standard InChI is InChI=1S/C16H18N2O4S/c19-9-8-18-14(10-12-4-3-7-17-11-12)16(20)13-5-1-2-6-15(13)23(18,21)22/h1-7,11,14,16,19-20H,8-10H2/t14-,16-/m1/s1. The predicted octanol–water partition coefficient (Wildman–Crippen LogP) is 0.723. The Hall–Kier alpha value is -1.80. The molecular formula is C16H18N2O4S. The maximum Gasteiger partial charge on any atom is 0.243 e. The molecule has 6 nitrogen and oxygen atoms in total. The SMILES string of the molecule is O=S1(=O)c2ccccc2[C@@H](O)[C@@H](Cc2cccnc2)N1CCO. The van der Waals surface area contributed by atoms with E-state index in [1.54, 1.807) is 36.7 Å². The minimum Gasteiger partial charge on any atom is -0.395 e. The van der Waals surface area contributed by atoms with Gasteiger partial charge in [-0.15, -0.1) is 0 Å². The van der Waals surface area contributed by atoms with E-state index in [1.165, 1.54) is 10.4 Å². The van der Waals surface area contributed by atoms with Crippen molar-refractivity contribution in [3.8, 4) is 0 Å². The second-order valence-electron chi connectivity index (χ2n) is 5.45. The average molecular weight is 334 g/mol. The maximum atomic E-state index is 12.8. The molecule has 2 heterocycles. The third kappa shape index (κ3) is 2.88. The number of benzene rings is 1. The van der Waals surface area contributed by atoms with Crippen LogP contribution in [0.3, 0.4) is 0 Å². The van der Waals surface area contributed by atoms with Crippen LogP contribution in [0.1, 0.15) is 17.2 Å². The lowest BCUT2D eigenvalue weighted by Crippen LogP contribution is -2.50. The second-order valence-corrected chi connectivity index (χ2v) is 7.31. The van der Waals surface area contributed by atoms with E-state index >= 15 is 0 Å². The van der Waals surface area contributed by atoms with Gasteiger partial charge in [-0.2, -0.15) is 4.31 Å². The summed E-state index contributed by atoms with van der Waals surface area (Å²) in [5.41, 5.74) is 1.23. The van der Waals surface area contributed by atoms with Crippen LogP contribution in [0, 0.1) is 0 Å². The Kier molecular flexibility index (Phi) is 4.45. The number of nitrogens with zero attached hydrogens (tertiary/aromatic N) is 2. The Labute approximate surface area is 135 Å². The minimum absolute atomic E-state index is 0.0569. The number of hydrogen-bond donors (Lipinski definition) is 2. The van der Waals surface area contributed by atoms with Gasteiger partial charge in [-0.1, -0.05) is 24.3 Å². The Morgan fingerprint density at radius 1 is 1.17 bits per heavy atom. The zero-order chi connectivity index (χ0) is 16.4. The first-order chi connectivity index (χ1) is 11.1. The fourth-order valence-electron chi connectivity index (χ4n) is 2.99. The van der Waals surface area contributed by atoms with Crippen LogP contribution in [0.5, 0.6) is 0 Å². The zero-order valence-electron chi connectivity index (χ0n) is 12.4. The number of fused-ring (bicyclic) bond motifs is 1. The molecule has 7 heteroatoms. The molecule has 0 spiro atoms. The molecule has 0 radical (unpaired) electrons. The molecule has 0 fully saturated rings. The van der Waals surface area contributed by atoms with Crippen molar-refractivity contribution >= 4 is 10.0 Å². The topological polar surface area (TPSA) is 90.7 Å². The van der Waals surface area contributed by atoms with Crippen molar-refractivity contribution in [2.45, 2.75) is 23.5 Å². The summed E-state index contributed by atoms with van der Waals surface area (Å²) < 4.78 is 26.8. The third-order valence-electron chi connectivity index (χ3n) is 4.05. The van der Waals surface area contributed by atoms with Gasteiger partial charge in [-0.25, -0.2) is 8.42 Å². The minimum atomic E-state index is -3.75. The van der Waals surface area contributed by atoms with E-state index in [9.17, 15) is 18.6 Å². The number of aliphatic hydroxyl groups is 2. The number of hydrogen-bond acceptors (Lipinski definition) is 5. The Morgan fingerprint density at radius 2 is 1.96 bits per heavy atom. The molecule has 1 aliphatic rings. The van der Waals surface area contributed by atoms with Gasteiger partial charge in [0.05, 0.1) is 23.6 Å². The number of aromatic nitrogens is 1. The summed E-state index contributed by atoms with van der Waals surface area (Å²) >= 11 is 0. The fourth-order valence-corrected chi connectivity index (χ4v) is 4.85. The van der Waals surface area contributed by atoms with Crippen molar-refractivity contribution in [1.29, 1.82) is 0 Å². The van der Waals surface area contributed by atoms with E-state index in [0.29, 0.717) is 12.0 Å². The Morgan fingerprint density at radius 3 is 2.65 bits per heavy atom. The summed E-state index contributed by atoms with van der Waals surface area (Å²) in [4.78, 5) is 4.13. The Balaban J connectivity index is 2.07. The lowest BCUT2D eigenvalue weighted by atomic mass is 9.96. The second kappa shape index (κ2) is 6.37. The number of β-amino-alcohol motifs (C(OH)–C–C–N with tert-alkyl or cyclic N) is 1. The van der Waals surface area contributed by atoms with Gasteiger partial charge in [-0.05, 0) is 24.1 Å². The molecule has 0 amide bonds. The van der Waals surface area contributed by atoms with Gasteiger partial charge in [0.2, 0.25) is 10.0 Å². The van der Waals surface area contributed by atoms with Crippen molar-refractivity contribution < 1.29 is 18.6 Å².